The van der Waals surface area contributed by atoms with Gasteiger partial charge in [0.2, 0.25) is 5.91 Å². The van der Waals surface area contributed by atoms with Crippen LogP contribution in [-0.2, 0) is 9.53 Å². The summed E-state index contributed by atoms with van der Waals surface area (Å²) < 4.78 is 45.7. The van der Waals surface area contributed by atoms with E-state index in [2.05, 4.69) is 10.1 Å². The number of halogens is 4. The Morgan fingerprint density at radius 1 is 1.23 bits per heavy atom. The second kappa shape index (κ2) is 8.70. The predicted molar refractivity (Wildman–Crippen MR) is 101 cm³/mol. The van der Waals surface area contributed by atoms with E-state index in [0.29, 0.717) is 5.56 Å². The lowest BCUT2D eigenvalue weighted by Crippen LogP contribution is -2.55. The van der Waals surface area contributed by atoms with E-state index in [1.807, 2.05) is 6.07 Å². The third kappa shape index (κ3) is 4.47. The van der Waals surface area contributed by atoms with Gasteiger partial charge >= 0.3 is 12.3 Å². The molecule has 0 bridgehead atoms. The van der Waals surface area contributed by atoms with Crippen molar-refractivity contribution in [1.29, 1.82) is 5.26 Å². The van der Waals surface area contributed by atoms with E-state index in [1.165, 1.54) is 35.1 Å². The van der Waals surface area contributed by atoms with Gasteiger partial charge in [-0.15, -0.1) is 0 Å². The molecule has 1 aromatic rings. The predicted octanol–water partition coefficient (Wildman–Crippen LogP) is 2.50. The summed E-state index contributed by atoms with van der Waals surface area (Å²) in [5.41, 5.74) is 0.491. The Labute approximate surface area is 176 Å². The topological polar surface area (TPSA) is 85.7 Å². The van der Waals surface area contributed by atoms with E-state index in [1.54, 1.807) is 0 Å². The molecule has 2 amide bonds. The summed E-state index contributed by atoms with van der Waals surface area (Å²) in [5, 5.41) is 11.5. The van der Waals surface area contributed by atoms with Crippen LogP contribution in [0.1, 0.15) is 23.5 Å². The first kappa shape index (κ1) is 22.2. The molecule has 1 aromatic carbocycles. The molecule has 3 unspecified atom stereocenters. The van der Waals surface area contributed by atoms with Crippen LogP contribution >= 0.6 is 11.6 Å². The Hall–Kier alpha value is -2.51. The average molecular weight is 445 g/mol. The zero-order valence-electron chi connectivity index (χ0n) is 16.1. The standard InChI is InChI=1S/C19H20ClF3N4O3/c1-30-18(29)27-6-4-26(5-7-27)17(28)15-9-13(16(25-15)19(21,22)23)11-2-3-12(10-24)14(20)8-11/h2-3,8,13,15-16,25H,4-7,9H2,1H3. The van der Waals surface area contributed by atoms with Crippen LogP contribution in [0.3, 0.4) is 0 Å². The molecule has 11 heteroatoms. The molecule has 0 spiro atoms. The Morgan fingerprint density at radius 3 is 2.40 bits per heavy atom. The van der Waals surface area contributed by atoms with Crippen molar-refractivity contribution in [1.82, 2.24) is 15.1 Å². The highest BCUT2D eigenvalue weighted by Gasteiger charge is 2.52. The summed E-state index contributed by atoms with van der Waals surface area (Å²) in [6.07, 6.45) is -5.12. The number of rotatable bonds is 2. The number of nitrogens with one attached hydrogen (secondary N) is 1. The summed E-state index contributed by atoms with van der Waals surface area (Å²) >= 11 is 6.00. The number of hydrogen-bond donors (Lipinski definition) is 1. The Balaban J connectivity index is 1.75. The molecule has 0 aromatic heterocycles. The summed E-state index contributed by atoms with van der Waals surface area (Å²) in [6.45, 7) is 0.942. The first-order chi connectivity index (χ1) is 14.2. The molecule has 2 fully saturated rings. The highest BCUT2D eigenvalue weighted by Crippen LogP contribution is 2.40. The van der Waals surface area contributed by atoms with Crippen LogP contribution in [0.2, 0.25) is 5.02 Å². The van der Waals surface area contributed by atoms with Gasteiger partial charge in [0.25, 0.3) is 0 Å². The monoisotopic (exact) mass is 444 g/mol. The number of ether oxygens (including phenoxy) is 1. The molecule has 2 aliphatic heterocycles. The fraction of sp³-hybridized carbons (Fsp3) is 0.526. The molecule has 2 saturated heterocycles. The SMILES string of the molecule is COC(=O)N1CCN(C(=O)C2CC(c3ccc(C#N)c(Cl)c3)C(C(F)(F)F)N2)CC1. The van der Waals surface area contributed by atoms with Gasteiger partial charge in [-0.3, -0.25) is 10.1 Å². The smallest absolute Gasteiger partial charge is 0.409 e. The maximum Gasteiger partial charge on any atom is 0.409 e. The Bertz CT molecular complexity index is 866. The van der Waals surface area contributed by atoms with Gasteiger partial charge in [-0.25, -0.2) is 4.79 Å². The van der Waals surface area contributed by atoms with Gasteiger partial charge in [0.15, 0.2) is 0 Å². The first-order valence-electron chi connectivity index (χ1n) is 9.29. The lowest BCUT2D eigenvalue weighted by molar-refractivity contribution is -0.156. The number of piperazine rings is 1. The molecule has 0 aliphatic carbocycles. The van der Waals surface area contributed by atoms with E-state index < -0.39 is 36.2 Å². The van der Waals surface area contributed by atoms with Gasteiger partial charge in [0, 0.05) is 32.1 Å². The third-order valence-corrected chi connectivity index (χ3v) is 5.80. The Kier molecular flexibility index (Phi) is 6.43. The third-order valence-electron chi connectivity index (χ3n) is 5.49. The van der Waals surface area contributed by atoms with E-state index in [4.69, 9.17) is 16.9 Å². The minimum absolute atomic E-state index is 0.0531. The fourth-order valence-electron chi connectivity index (χ4n) is 3.93. The van der Waals surface area contributed by atoms with Crippen LogP contribution in [0.5, 0.6) is 0 Å². The number of methoxy groups -OCH3 is 1. The van der Waals surface area contributed by atoms with Gasteiger partial charge in [-0.1, -0.05) is 17.7 Å². The van der Waals surface area contributed by atoms with Crippen molar-refractivity contribution in [3.05, 3.63) is 34.3 Å². The van der Waals surface area contributed by atoms with Crippen LogP contribution in [0.15, 0.2) is 18.2 Å². The summed E-state index contributed by atoms with van der Waals surface area (Å²) in [6, 6.07) is 3.13. The minimum Gasteiger partial charge on any atom is -0.453 e. The molecule has 3 rings (SSSR count). The second-order valence-electron chi connectivity index (χ2n) is 7.21. The molecular formula is C19H20ClF3N4O3. The summed E-state index contributed by atoms with van der Waals surface area (Å²) in [5.74, 6) is -1.45. The molecule has 162 valence electrons. The Morgan fingerprint density at radius 2 is 1.87 bits per heavy atom. The molecule has 7 nitrogen and oxygen atoms in total. The average Bonchev–Trinajstić information content (AvgIpc) is 3.19. The van der Waals surface area contributed by atoms with Gasteiger partial charge < -0.3 is 14.5 Å². The summed E-state index contributed by atoms with van der Waals surface area (Å²) in [7, 11) is 1.26. The van der Waals surface area contributed by atoms with Crippen molar-refractivity contribution in [2.75, 3.05) is 33.3 Å². The first-order valence-corrected chi connectivity index (χ1v) is 9.67. The number of nitrogens with zero attached hydrogens (tertiary/aromatic N) is 3. The van der Waals surface area contributed by atoms with Crippen molar-refractivity contribution in [3.63, 3.8) is 0 Å². The largest absolute Gasteiger partial charge is 0.453 e. The maximum atomic E-state index is 13.7. The van der Waals surface area contributed by atoms with Crippen LogP contribution in [0.4, 0.5) is 18.0 Å². The highest BCUT2D eigenvalue weighted by molar-refractivity contribution is 6.31. The van der Waals surface area contributed by atoms with E-state index in [0.717, 1.165) is 0 Å². The zero-order chi connectivity index (χ0) is 22.1. The van der Waals surface area contributed by atoms with Gasteiger partial charge in [0.05, 0.1) is 23.7 Å². The van der Waals surface area contributed by atoms with E-state index >= 15 is 0 Å². The van der Waals surface area contributed by atoms with Crippen molar-refractivity contribution < 1.29 is 27.5 Å². The van der Waals surface area contributed by atoms with Crippen LogP contribution in [-0.4, -0.2) is 73.3 Å². The number of hydrogen-bond acceptors (Lipinski definition) is 5. The van der Waals surface area contributed by atoms with E-state index in [9.17, 15) is 22.8 Å². The van der Waals surface area contributed by atoms with Gasteiger partial charge in [0.1, 0.15) is 12.1 Å². The zero-order valence-corrected chi connectivity index (χ0v) is 16.8. The van der Waals surface area contributed by atoms with Crippen LogP contribution in [0.25, 0.3) is 0 Å². The molecule has 1 N–H and O–H groups in total. The van der Waals surface area contributed by atoms with Crippen molar-refractivity contribution >= 4 is 23.6 Å². The van der Waals surface area contributed by atoms with E-state index in [-0.39, 0.29) is 43.2 Å². The lowest BCUT2D eigenvalue weighted by atomic mass is 9.89. The van der Waals surface area contributed by atoms with Gasteiger partial charge in [-0.05, 0) is 24.1 Å². The molecule has 0 radical (unpaired) electrons. The molecule has 0 saturated carbocycles. The second-order valence-corrected chi connectivity index (χ2v) is 7.62. The number of carbonyl (C=O) groups is 2. The van der Waals surface area contributed by atoms with Crippen LogP contribution < -0.4 is 5.32 Å². The number of amides is 2. The van der Waals surface area contributed by atoms with Crippen molar-refractivity contribution in [3.8, 4) is 6.07 Å². The molecular weight excluding hydrogens is 425 g/mol. The van der Waals surface area contributed by atoms with Crippen molar-refractivity contribution in [2.24, 2.45) is 0 Å². The lowest BCUT2D eigenvalue weighted by Gasteiger charge is -2.35. The molecule has 30 heavy (non-hydrogen) atoms. The minimum atomic E-state index is -4.57. The molecule has 2 aliphatic rings. The van der Waals surface area contributed by atoms with Crippen LogP contribution in [0, 0.1) is 11.3 Å². The molecule has 2 heterocycles. The maximum absolute atomic E-state index is 13.7. The molecule has 3 atom stereocenters. The number of alkyl halides is 3. The number of carbonyl (C=O) groups excluding carboxylic acids is 2. The normalized spacial score (nSPS) is 24.5. The number of nitriles is 1. The van der Waals surface area contributed by atoms with Crippen molar-refractivity contribution in [2.45, 2.75) is 30.6 Å². The number of benzene rings is 1. The van der Waals surface area contributed by atoms with Gasteiger partial charge in [-0.2, -0.15) is 18.4 Å². The fourth-order valence-corrected chi connectivity index (χ4v) is 4.16. The summed E-state index contributed by atoms with van der Waals surface area (Å²) in [4.78, 5) is 27.3. The quantitative estimate of drug-likeness (QED) is 0.757. The highest BCUT2D eigenvalue weighted by atomic mass is 35.5.